The van der Waals surface area contributed by atoms with Crippen molar-refractivity contribution in [3.05, 3.63) is 35.9 Å². The fourth-order valence-electron chi connectivity index (χ4n) is 0.828. The largest absolute Gasteiger partial charge is 0.446 e. The number of ether oxygens (including phenoxy) is 1. The van der Waals surface area contributed by atoms with E-state index in [9.17, 15) is 18.0 Å². The second-order valence-electron chi connectivity index (χ2n) is 2.81. The van der Waals surface area contributed by atoms with Gasteiger partial charge in [0.15, 0.2) is 6.61 Å². The molecule has 0 saturated carbocycles. The minimum Gasteiger partial charge on any atom is -0.446 e. The molecule has 0 atom stereocenters. The van der Waals surface area contributed by atoms with Crippen molar-refractivity contribution in [3.63, 3.8) is 0 Å². The van der Waals surface area contributed by atoms with Crippen LogP contribution in [0, 0.1) is 11.8 Å². The normalized spacial score (nSPS) is 10.2. The van der Waals surface area contributed by atoms with E-state index in [-0.39, 0.29) is 0 Å². The lowest BCUT2D eigenvalue weighted by Crippen LogP contribution is -2.19. The summed E-state index contributed by atoms with van der Waals surface area (Å²) in [6.45, 7) is -1.62. The molecule has 0 unspecified atom stereocenters. The SMILES string of the molecule is O=C(C#Cc1ccccc1)OCC(F)(F)F. The van der Waals surface area contributed by atoms with Crippen LogP contribution in [0.2, 0.25) is 0 Å². The van der Waals surface area contributed by atoms with Gasteiger partial charge >= 0.3 is 12.1 Å². The van der Waals surface area contributed by atoms with Crippen LogP contribution in [0.5, 0.6) is 0 Å². The molecule has 1 rings (SSSR count). The highest BCUT2D eigenvalue weighted by molar-refractivity contribution is 5.89. The average Bonchev–Trinajstić information content (AvgIpc) is 2.24. The second-order valence-corrected chi connectivity index (χ2v) is 2.81. The number of hydrogen-bond acceptors (Lipinski definition) is 2. The summed E-state index contributed by atoms with van der Waals surface area (Å²) in [6, 6.07) is 8.41. The molecule has 0 fully saturated rings. The third kappa shape index (κ3) is 5.05. The Morgan fingerprint density at radius 1 is 1.25 bits per heavy atom. The fourth-order valence-corrected chi connectivity index (χ4v) is 0.828. The zero-order valence-corrected chi connectivity index (χ0v) is 8.04. The summed E-state index contributed by atoms with van der Waals surface area (Å²) < 4.78 is 38.9. The van der Waals surface area contributed by atoms with Crippen molar-refractivity contribution in [2.45, 2.75) is 6.18 Å². The fraction of sp³-hybridized carbons (Fsp3) is 0.182. The highest BCUT2D eigenvalue weighted by Gasteiger charge is 2.29. The number of benzene rings is 1. The van der Waals surface area contributed by atoms with Crippen molar-refractivity contribution in [3.8, 4) is 11.8 Å². The number of hydrogen-bond donors (Lipinski definition) is 0. The predicted octanol–water partition coefficient (Wildman–Crippen LogP) is 2.14. The van der Waals surface area contributed by atoms with Crippen molar-refractivity contribution < 1.29 is 22.7 Å². The molecule has 0 aromatic heterocycles. The van der Waals surface area contributed by atoms with Crippen molar-refractivity contribution >= 4 is 5.97 Å². The first-order valence-electron chi connectivity index (χ1n) is 4.28. The maximum absolute atomic E-state index is 11.7. The van der Waals surface area contributed by atoms with E-state index in [0.29, 0.717) is 5.56 Å². The van der Waals surface area contributed by atoms with E-state index < -0.39 is 18.8 Å². The van der Waals surface area contributed by atoms with Crippen molar-refractivity contribution in [1.82, 2.24) is 0 Å². The molecular weight excluding hydrogens is 221 g/mol. The monoisotopic (exact) mass is 228 g/mol. The third-order valence-corrected chi connectivity index (χ3v) is 1.45. The highest BCUT2D eigenvalue weighted by atomic mass is 19.4. The first kappa shape index (κ1) is 12.1. The molecule has 0 aliphatic rings. The maximum atomic E-state index is 11.7. The van der Waals surface area contributed by atoms with Gasteiger partial charge in [-0.05, 0) is 12.1 Å². The van der Waals surface area contributed by atoms with E-state index >= 15 is 0 Å². The van der Waals surface area contributed by atoms with Crippen LogP contribution in [-0.4, -0.2) is 18.8 Å². The third-order valence-electron chi connectivity index (χ3n) is 1.45. The lowest BCUT2D eigenvalue weighted by molar-refractivity contribution is -0.182. The van der Waals surface area contributed by atoms with Gasteiger partial charge in [0.1, 0.15) is 0 Å². The number of carbonyl (C=O) groups excluding carboxylic acids is 1. The van der Waals surface area contributed by atoms with Gasteiger partial charge in [0.25, 0.3) is 0 Å². The summed E-state index contributed by atoms with van der Waals surface area (Å²) in [5.41, 5.74) is 0.534. The van der Waals surface area contributed by atoms with E-state index in [0.717, 1.165) is 0 Å². The summed E-state index contributed by atoms with van der Waals surface area (Å²) in [6.07, 6.45) is -4.52. The van der Waals surface area contributed by atoms with Gasteiger partial charge in [-0.1, -0.05) is 24.1 Å². The van der Waals surface area contributed by atoms with Crippen LogP contribution in [0.15, 0.2) is 30.3 Å². The summed E-state index contributed by atoms with van der Waals surface area (Å²) in [4.78, 5) is 10.8. The smallest absolute Gasteiger partial charge is 0.422 e. The Morgan fingerprint density at radius 3 is 2.44 bits per heavy atom. The molecule has 0 heterocycles. The molecule has 0 amide bonds. The van der Waals surface area contributed by atoms with E-state index in [1.165, 1.54) is 0 Å². The molecule has 1 aromatic carbocycles. The van der Waals surface area contributed by atoms with Crippen LogP contribution < -0.4 is 0 Å². The summed E-state index contributed by atoms with van der Waals surface area (Å²) >= 11 is 0. The molecule has 0 radical (unpaired) electrons. The van der Waals surface area contributed by atoms with Gasteiger partial charge < -0.3 is 4.74 Å². The number of rotatable bonds is 1. The molecule has 0 spiro atoms. The minimum atomic E-state index is -4.52. The van der Waals surface area contributed by atoms with Crippen LogP contribution in [0.25, 0.3) is 0 Å². The molecule has 0 bridgehead atoms. The van der Waals surface area contributed by atoms with Crippen molar-refractivity contribution in [2.24, 2.45) is 0 Å². The quantitative estimate of drug-likeness (QED) is 0.543. The summed E-state index contributed by atoms with van der Waals surface area (Å²) in [7, 11) is 0. The van der Waals surface area contributed by atoms with Crippen LogP contribution in [-0.2, 0) is 9.53 Å². The Balaban J connectivity index is 2.50. The predicted molar refractivity (Wildman–Crippen MR) is 50.3 cm³/mol. The first-order valence-corrected chi connectivity index (χ1v) is 4.28. The number of alkyl halides is 3. The number of carbonyl (C=O) groups is 1. The van der Waals surface area contributed by atoms with Crippen LogP contribution in [0.3, 0.4) is 0 Å². The molecule has 16 heavy (non-hydrogen) atoms. The molecule has 0 N–H and O–H groups in total. The number of halogens is 3. The Labute approximate surface area is 90.0 Å². The van der Waals surface area contributed by atoms with Crippen LogP contribution in [0.1, 0.15) is 5.56 Å². The van der Waals surface area contributed by atoms with Crippen LogP contribution in [0.4, 0.5) is 13.2 Å². The van der Waals surface area contributed by atoms with Gasteiger partial charge in [0.05, 0.1) is 0 Å². The lowest BCUT2D eigenvalue weighted by atomic mass is 10.2. The van der Waals surface area contributed by atoms with Gasteiger partial charge in [-0.15, -0.1) is 0 Å². The van der Waals surface area contributed by atoms with Gasteiger partial charge in [-0.2, -0.15) is 13.2 Å². The van der Waals surface area contributed by atoms with E-state index in [4.69, 9.17) is 0 Å². The highest BCUT2D eigenvalue weighted by Crippen LogP contribution is 2.14. The molecule has 84 valence electrons. The first-order chi connectivity index (χ1) is 7.47. The Hall–Kier alpha value is -1.96. The molecule has 1 aromatic rings. The average molecular weight is 228 g/mol. The van der Waals surface area contributed by atoms with Crippen LogP contribution >= 0.6 is 0 Å². The zero-order valence-electron chi connectivity index (χ0n) is 8.04. The van der Waals surface area contributed by atoms with Gasteiger partial charge in [0, 0.05) is 11.5 Å². The van der Waals surface area contributed by atoms with Gasteiger partial charge in [-0.25, -0.2) is 4.79 Å². The lowest BCUT2D eigenvalue weighted by Gasteiger charge is -2.03. The Bertz CT molecular complexity index is 412. The topological polar surface area (TPSA) is 26.3 Å². The standard InChI is InChI=1S/C11H7F3O2/c12-11(13,14)8-16-10(15)7-6-9-4-2-1-3-5-9/h1-5H,8H2. The minimum absolute atomic E-state index is 0.534. The Morgan fingerprint density at radius 2 is 1.88 bits per heavy atom. The van der Waals surface area contributed by atoms with E-state index in [1.807, 2.05) is 5.92 Å². The van der Waals surface area contributed by atoms with Crippen molar-refractivity contribution in [2.75, 3.05) is 6.61 Å². The molecule has 0 saturated heterocycles. The molecule has 2 nitrogen and oxygen atoms in total. The Kier molecular flexibility index (Phi) is 3.95. The molecule has 5 heteroatoms. The zero-order chi connectivity index (χ0) is 12.0. The molecule has 0 aliphatic heterocycles. The summed E-state index contributed by atoms with van der Waals surface area (Å²) in [5.74, 6) is 3.16. The maximum Gasteiger partial charge on any atom is 0.422 e. The second kappa shape index (κ2) is 5.21. The molecule has 0 aliphatic carbocycles. The van der Waals surface area contributed by atoms with E-state index in [1.54, 1.807) is 30.3 Å². The van der Waals surface area contributed by atoms with Gasteiger partial charge in [0.2, 0.25) is 0 Å². The van der Waals surface area contributed by atoms with E-state index in [2.05, 4.69) is 10.7 Å². The van der Waals surface area contributed by atoms with Gasteiger partial charge in [-0.3, -0.25) is 0 Å². The summed E-state index contributed by atoms with van der Waals surface area (Å²) in [5, 5.41) is 0. The van der Waals surface area contributed by atoms with Crippen molar-refractivity contribution in [1.29, 1.82) is 0 Å². The number of esters is 1. The molecular formula is C11H7F3O2.